The van der Waals surface area contributed by atoms with Gasteiger partial charge in [0.25, 0.3) is 33.7 Å². The fourth-order valence-corrected chi connectivity index (χ4v) is 8.42. The standard InChI is InChI=1S/C42H30N2O11S/c45-18-4-16-43-39(47)27-15-13-26-36-32(55-23-8-10-24(11-9-23)56(51,52)53)21-30-34-28(40(48)44(42(30)50)17-5-19-46)14-12-25(38(34)36)35-31(54-22-6-2-1-3-7-22)20-29(41(43)49)33(27)37(26)35/h1-3,6-15,20-21,45-46H,4-5,16-19H2,(H,51,52,53). The maximum absolute atomic E-state index is 14.2. The fraction of sp³-hybridized carbons (Fsp3) is 0.143. The van der Waals surface area contributed by atoms with E-state index in [1.165, 1.54) is 30.3 Å². The number of amides is 4. The molecule has 0 aromatic heterocycles. The normalized spacial score (nSPS) is 14.3. The first-order valence-electron chi connectivity index (χ1n) is 17.7. The minimum absolute atomic E-state index is 0.00703. The second kappa shape index (κ2) is 13.1. The summed E-state index contributed by atoms with van der Waals surface area (Å²) in [5, 5.41) is 22.8. The molecule has 0 aliphatic carbocycles. The monoisotopic (exact) mass is 770 g/mol. The zero-order valence-electron chi connectivity index (χ0n) is 29.3. The average Bonchev–Trinajstić information content (AvgIpc) is 3.19. The molecule has 0 bridgehead atoms. The first kappa shape index (κ1) is 35.3. The summed E-state index contributed by atoms with van der Waals surface area (Å²) in [7, 11) is -4.51. The van der Waals surface area contributed by atoms with Crippen molar-refractivity contribution in [1.29, 1.82) is 0 Å². The van der Waals surface area contributed by atoms with Crippen LogP contribution in [0.2, 0.25) is 0 Å². The number of carbonyl (C=O) groups is 4. The van der Waals surface area contributed by atoms with E-state index in [2.05, 4.69) is 0 Å². The summed E-state index contributed by atoms with van der Waals surface area (Å²) in [6, 6.07) is 23.7. The molecule has 2 heterocycles. The lowest BCUT2D eigenvalue weighted by molar-refractivity contribution is 0.0585. The highest BCUT2D eigenvalue weighted by Crippen LogP contribution is 2.52. The second-order valence-electron chi connectivity index (χ2n) is 13.6. The summed E-state index contributed by atoms with van der Waals surface area (Å²) in [6.07, 6.45) is 0.338. The number of fused-ring (bicyclic) bond motifs is 2. The van der Waals surface area contributed by atoms with Crippen molar-refractivity contribution >= 4 is 76.8 Å². The van der Waals surface area contributed by atoms with Gasteiger partial charge in [0, 0.05) is 69.7 Å². The Balaban J connectivity index is 1.42. The molecule has 0 radical (unpaired) electrons. The summed E-state index contributed by atoms with van der Waals surface area (Å²) in [5.41, 5.74) is 0.843. The van der Waals surface area contributed by atoms with Crippen molar-refractivity contribution in [3.05, 3.63) is 113 Å². The number of benzene rings is 7. The molecule has 0 fully saturated rings. The maximum atomic E-state index is 14.2. The van der Waals surface area contributed by atoms with Crippen molar-refractivity contribution in [2.75, 3.05) is 26.3 Å². The fourth-order valence-electron chi connectivity index (χ4n) is 7.94. The van der Waals surface area contributed by atoms with Gasteiger partial charge >= 0.3 is 0 Å². The van der Waals surface area contributed by atoms with Crippen molar-refractivity contribution in [2.45, 2.75) is 17.7 Å². The quantitative estimate of drug-likeness (QED) is 0.0562. The van der Waals surface area contributed by atoms with E-state index in [0.29, 0.717) is 48.8 Å². The number of para-hydroxylation sites is 1. The van der Waals surface area contributed by atoms with Crippen molar-refractivity contribution in [3.63, 3.8) is 0 Å². The Morgan fingerprint density at radius 2 is 0.929 bits per heavy atom. The predicted octanol–water partition coefficient (Wildman–Crippen LogP) is 6.53. The molecule has 56 heavy (non-hydrogen) atoms. The summed E-state index contributed by atoms with van der Waals surface area (Å²) in [5.74, 6) is -1.22. The molecule has 4 amide bonds. The molecular weight excluding hydrogens is 741 g/mol. The van der Waals surface area contributed by atoms with Crippen molar-refractivity contribution in [3.8, 4) is 23.0 Å². The summed E-state index contributed by atoms with van der Waals surface area (Å²) in [4.78, 5) is 58.2. The third-order valence-electron chi connectivity index (χ3n) is 10.3. The zero-order chi connectivity index (χ0) is 39.0. The van der Waals surface area contributed by atoms with Gasteiger partial charge in [0.05, 0.1) is 16.0 Å². The molecule has 0 saturated heterocycles. The highest BCUT2D eigenvalue weighted by atomic mass is 32.2. The molecule has 2 aliphatic heterocycles. The van der Waals surface area contributed by atoms with Gasteiger partial charge in [-0.2, -0.15) is 8.42 Å². The Kier molecular flexibility index (Phi) is 8.25. The number of ether oxygens (including phenoxy) is 2. The number of imide groups is 2. The van der Waals surface area contributed by atoms with Gasteiger partial charge < -0.3 is 19.7 Å². The topological polar surface area (TPSA) is 188 Å². The van der Waals surface area contributed by atoms with Crippen LogP contribution in [0, 0.1) is 0 Å². The van der Waals surface area contributed by atoms with E-state index in [4.69, 9.17) is 9.47 Å². The van der Waals surface area contributed by atoms with Crippen LogP contribution in [0.25, 0.3) is 43.1 Å². The molecule has 7 aromatic carbocycles. The lowest BCUT2D eigenvalue weighted by atomic mass is 9.81. The third-order valence-corrected chi connectivity index (χ3v) is 11.2. The molecule has 3 N–H and O–H groups in total. The first-order valence-corrected chi connectivity index (χ1v) is 19.2. The van der Waals surface area contributed by atoms with E-state index in [0.717, 1.165) is 9.80 Å². The number of carbonyl (C=O) groups excluding carboxylic acids is 4. The van der Waals surface area contributed by atoms with Crippen LogP contribution in [0.5, 0.6) is 23.0 Å². The third kappa shape index (κ3) is 5.29. The number of nitrogens with zero attached hydrogens (tertiary/aromatic N) is 2. The smallest absolute Gasteiger partial charge is 0.294 e. The Morgan fingerprint density at radius 3 is 1.36 bits per heavy atom. The average molecular weight is 771 g/mol. The minimum Gasteiger partial charge on any atom is -0.457 e. The van der Waals surface area contributed by atoms with Crippen LogP contribution in [0.3, 0.4) is 0 Å². The van der Waals surface area contributed by atoms with Gasteiger partial charge in [-0.1, -0.05) is 30.3 Å². The zero-order valence-corrected chi connectivity index (χ0v) is 30.1. The van der Waals surface area contributed by atoms with Gasteiger partial charge in [0.2, 0.25) is 0 Å². The van der Waals surface area contributed by atoms with Crippen molar-refractivity contribution < 1.29 is 51.8 Å². The maximum Gasteiger partial charge on any atom is 0.294 e. The Morgan fingerprint density at radius 1 is 0.500 bits per heavy atom. The SMILES string of the molecule is O=C1c2ccc3c4c(Oc5ccc(S(=O)(=O)O)cc5)cc5c6c(ccc(c7c(Oc8ccccc8)cc(c2c37)C(=O)N1CCCO)c64)C(=O)N(CCCO)C5=O. The first-order chi connectivity index (χ1) is 27.0. The summed E-state index contributed by atoms with van der Waals surface area (Å²) >= 11 is 0. The van der Waals surface area contributed by atoms with E-state index < -0.39 is 33.7 Å². The Hall–Kier alpha value is -6.45. The molecule has 280 valence electrons. The van der Waals surface area contributed by atoms with Gasteiger partial charge in [-0.15, -0.1) is 0 Å². The van der Waals surface area contributed by atoms with Crippen LogP contribution in [-0.2, 0) is 10.1 Å². The molecule has 7 aromatic rings. The molecular formula is C42H30N2O11S. The second-order valence-corrected chi connectivity index (χ2v) is 15.0. The highest BCUT2D eigenvalue weighted by Gasteiger charge is 2.39. The number of aliphatic hydroxyl groups excluding tert-OH is 2. The lowest BCUT2D eigenvalue weighted by Gasteiger charge is -2.31. The van der Waals surface area contributed by atoms with Crippen LogP contribution in [0.15, 0.2) is 95.9 Å². The van der Waals surface area contributed by atoms with Crippen LogP contribution in [0.1, 0.15) is 54.3 Å². The van der Waals surface area contributed by atoms with Gasteiger partial charge in [-0.05, 0) is 84.3 Å². The summed E-state index contributed by atoms with van der Waals surface area (Å²) in [6.45, 7) is -0.515. The van der Waals surface area contributed by atoms with E-state index >= 15 is 0 Å². The molecule has 0 unspecified atom stereocenters. The molecule has 2 aliphatic rings. The molecule has 0 spiro atoms. The predicted molar refractivity (Wildman–Crippen MR) is 205 cm³/mol. The van der Waals surface area contributed by atoms with E-state index in [1.807, 2.05) is 6.07 Å². The Labute approximate surface area is 317 Å². The molecule has 9 rings (SSSR count). The lowest BCUT2D eigenvalue weighted by Crippen LogP contribution is -2.41. The number of hydrogen-bond donors (Lipinski definition) is 3. The van der Waals surface area contributed by atoms with Crippen LogP contribution < -0.4 is 9.47 Å². The number of rotatable bonds is 11. The molecule has 0 saturated carbocycles. The van der Waals surface area contributed by atoms with E-state index in [1.54, 1.807) is 54.6 Å². The van der Waals surface area contributed by atoms with Crippen LogP contribution in [-0.4, -0.2) is 82.9 Å². The Bertz CT molecular complexity index is 2950. The molecule has 0 atom stereocenters. The highest BCUT2D eigenvalue weighted by molar-refractivity contribution is 7.85. The number of aliphatic hydroxyl groups is 2. The van der Waals surface area contributed by atoms with Crippen LogP contribution >= 0.6 is 0 Å². The van der Waals surface area contributed by atoms with Crippen LogP contribution in [0.4, 0.5) is 0 Å². The van der Waals surface area contributed by atoms with Crippen molar-refractivity contribution in [2.24, 2.45) is 0 Å². The van der Waals surface area contributed by atoms with E-state index in [-0.39, 0.29) is 83.5 Å². The van der Waals surface area contributed by atoms with Gasteiger partial charge in [0.15, 0.2) is 0 Å². The number of hydrogen-bond acceptors (Lipinski definition) is 10. The van der Waals surface area contributed by atoms with Gasteiger partial charge in [-0.3, -0.25) is 33.5 Å². The largest absolute Gasteiger partial charge is 0.457 e. The van der Waals surface area contributed by atoms with Crippen molar-refractivity contribution in [1.82, 2.24) is 9.80 Å². The van der Waals surface area contributed by atoms with E-state index in [9.17, 15) is 42.4 Å². The van der Waals surface area contributed by atoms with Gasteiger partial charge in [0.1, 0.15) is 23.0 Å². The molecule has 13 nitrogen and oxygen atoms in total. The molecule has 14 heteroatoms. The summed E-state index contributed by atoms with van der Waals surface area (Å²) < 4.78 is 46.2. The van der Waals surface area contributed by atoms with Gasteiger partial charge in [-0.25, -0.2) is 0 Å². The minimum atomic E-state index is -4.51.